The molecule has 1 aliphatic carbocycles. The molecule has 0 aromatic heterocycles. The van der Waals surface area contributed by atoms with Crippen molar-refractivity contribution < 1.29 is 9.47 Å². The smallest absolute Gasteiger partial charge is 0.0700 e. The number of benzene rings is 1. The average molecular weight is 298 g/mol. The Morgan fingerprint density at radius 3 is 2.60 bits per heavy atom. The minimum atomic E-state index is 0.482. The van der Waals surface area contributed by atoms with Crippen LogP contribution in [0.4, 0.5) is 0 Å². The van der Waals surface area contributed by atoms with Crippen molar-refractivity contribution in [2.45, 2.75) is 31.2 Å². The number of rotatable bonds is 10. The molecule has 3 nitrogen and oxygen atoms in total. The van der Waals surface area contributed by atoms with E-state index >= 15 is 0 Å². The molecule has 0 radical (unpaired) electrons. The Labute approximate surface area is 126 Å². The third-order valence-electron chi connectivity index (χ3n) is 3.61. The SMILES string of the molecule is COCCOCCC(CNC1CC1)c1ccc(Cl)cc1. The van der Waals surface area contributed by atoms with Gasteiger partial charge < -0.3 is 14.8 Å². The molecule has 0 amide bonds. The first-order valence-electron chi connectivity index (χ1n) is 7.35. The fourth-order valence-electron chi connectivity index (χ4n) is 2.19. The number of methoxy groups -OCH3 is 1. The highest BCUT2D eigenvalue weighted by Gasteiger charge is 2.22. The minimum Gasteiger partial charge on any atom is -0.382 e. The van der Waals surface area contributed by atoms with Gasteiger partial charge in [0.1, 0.15) is 0 Å². The number of halogens is 1. The summed E-state index contributed by atoms with van der Waals surface area (Å²) >= 11 is 5.96. The predicted octanol–water partition coefficient (Wildman–Crippen LogP) is 3.23. The van der Waals surface area contributed by atoms with E-state index in [1.54, 1.807) is 7.11 Å². The summed E-state index contributed by atoms with van der Waals surface area (Å²) in [5.41, 5.74) is 1.33. The second kappa shape index (κ2) is 8.63. The fourth-order valence-corrected chi connectivity index (χ4v) is 2.31. The van der Waals surface area contributed by atoms with Crippen LogP contribution in [0.3, 0.4) is 0 Å². The minimum absolute atomic E-state index is 0.482. The molecule has 0 bridgehead atoms. The molecule has 1 aliphatic rings. The van der Waals surface area contributed by atoms with Crippen LogP contribution in [0, 0.1) is 0 Å². The molecule has 1 N–H and O–H groups in total. The highest BCUT2D eigenvalue weighted by Crippen LogP contribution is 2.24. The van der Waals surface area contributed by atoms with Crippen LogP contribution in [0.25, 0.3) is 0 Å². The van der Waals surface area contributed by atoms with Gasteiger partial charge in [-0.15, -0.1) is 0 Å². The van der Waals surface area contributed by atoms with Crippen molar-refractivity contribution in [3.8, 4) is 0 Å². The van der Waals surface area contributed by atoms with Crippen LogP contribution in [-0.2, 0) is 9.47 Å². The monoisotopic (exact) mass is 297 g/mol. The molecule has 0 heterocycles. The molecule has 2 rings (SSSR count). The summed E-state index contributed by atoms with van der Waals surface area (Å²) in [7, 11) is 1.69. The van der Waals surface area contributed by atoms with E-state index < -0.39 is 0 Å². The van der Waals surface area contributed by atoms with Crippen LogP contribution >= 0.6 is 11.6 Å². The number of hydrogen-bond acceptors (Lipinski definition) is 3. The maximum absolute atomic E-state index is 5.96. The number of nitrogens with one attached hydrogen (secondary N) is 1. The van der Waals surface area contributed by atoms with Crippen LogP contribution in [0.2, 0.25) is 5.02 Å². The summed E-state index contributed by atoms with van der Waals surface area (Å²) in [5, 5.41) is 4.40. The Hall–Kier alpha value is -0.610. The quantitative estimate of drug-likeness (QED) is 0.673. The molecule has 112 valence electrons. The molecule has 0 saturated heterocycles. The zero-order valence-electron chi connectivity index (χ0n) is 12.1. The van der Waals surface area contributed by atoms with Gasteiger partial charge in [-0.25, -0.2) is 0 Å². The molecule has 1 aromatic rings. The normalized spacial score (nSPS) is 16.3. The van der Waals surface area contributed by atoms with E-state index in [0.717, 1.165) is 30.6 Å². The molecule has 1 saturated carbocycles. The second-order valence-electron chi connectivity index (χ2n) is 5.32. The highest BCUT2D eigenvalue weighted by atomic mass is 35.5. The summed E-state index contributed by atoms with van der Waals surface area (Å²) in [6, 6.07) is 8.91. The van der Waals surface area contributed by atoms with Gasteiger partial charge in [0.15, 0.2) is 0 Å². The van der Waals surface area contributed by atoms with E-state index in [2.05, 4.69) is 17.4 Å². The molecular weight excluding hydrogens is 274 g/mol. The van der Waals surface area contributed by atoms with Crippen LogP contribution in [0.1, 0.15) is 30.7 Å². The standard InChI is InChI=1S/C16H24ClNO2/c1-19-10-11-20-9-8-14(12-18-16-6-7-16)13-2-4-15(17)5-3-13/h2-5,14,16,18H,6-12H2,1H3. The number of hydrogen-bond donors (Lipinski definition) is 1. The van der Waals surface area contributed by atoms with E-state index in [9.17, 15) is 0 Å². The van der Waals surface area contributed by atoms with Gasteiger partial charge >= 0.3 is 0 Å². The lowest BCUT2D eigenvalue weighted by Gasteiger charge is -2.18. The lowest BCUT2D eigenvalue weighted by Crippen LogP contribution is -2.24. The van der Waals surface area contributed by atoms with Gasteiger partial charge in [0.05, 0.1) is 13.2 Å². The molecule has 1 atom stereocenters. The van der Waals surface area contributed by atoms with Gasteiger partial charge in [0.25, 0.3) is 0 Å². The van der Waals surface area contributed by atoms with Crippen LogP contribution in [0.5, 0.6) is 0 Å². The molecule has 4 heteroatoms. The third-order valence-corrected chi connectivity index (χ3v) is 3.87. The van der Waals surface area contributed by atoms with Crippen molar-refractivity contribution in [1.82, 2.24) is 5.32 Å². The van der Waals surface area contributed by atoms with E-state index in [1.165, 1.54) is 18.4 Å². The van der Waals surface area contributed by atoms with Crippen molar-refractivity contribution >= 4 is 11.6 Å². The molecule has 1 aromatic carbocycles. The summed E-state index contributed by atoms with van der Waals surface area (Å²) in [4.78, 5) is 0. The van der Waals surface area contributed by atoms with Gasteiger partial charge in [-0.3, -0.25) is 0 Å². The topological polar surface area (TPSA) is 30.5 Å². The first-order chi connectivity index (χ1) is 9.79. The Kier molecular flexibility index (Phi) is 6.80. The van der Waals surface area contributed by atoms with Crippen molar-refractivity contribution in [3.63, 3.8) is 0 Å². The third kappa shape index (κ3) is 5.80. The summed E-state index contributed by atoms with van der Waals surface area (Å²) in [6.07, 6.45) is 3.65. The molecule has 0 aliphatic heterocycles. The van der Waals surface area contributed by atoms with E-state index in [4.69, 9.17) is 21.1 Å². The van der Waals surface area contributed by atoms with Gasteiger partial charge in [0, 0.05) is 31.3 Å². The average Bonchev–Trinajstić information content (AvgIpc) is 3.27. The summed E-state index contributed by atoms with van der Waals surface area (Å²) < 4.78 is 10.6. The zero-order chi connectivity index (χ0) is 14.2. The maximum Gasteiger partial charge on any atom is 0.0700 e. The first kappa shape index (κ1) is 15.8. The van der Waals surface area contributed by atoms with E-state index in [1.807, 2.05) is 12.1 Å². The molecule has 1 fully saturated rings. The van der Waals surface area contributed by atoms with Gasteiger partial charge in [-0.1, -0.05) is 23.7 Å². The van der Waals surface area contributed by atoms with Crippen molar-refractivity contribution in [2.75, 3.05) is 33.5 Å². The van der Waals surface area contributed by atoms with Crippen molar-refractivity contribution in [2.24, 2.45) is 0 Å². The first-order valence-corrected chi connectivity index (χ1v) is 7.73. The molecule has 1 unspecified atom stereocenters. The molecule has 0 spiro atoms. The largest absolute Gasteiger partial charge is 0.382 e. The second-order valence-corrected chi connectivity index (χ2v) is 5.76. The van der Waals surface area contributed by atoms with Gasteiger partial charge in [-0.05, 0) is 42.9 Å². The predicted molar refractivity (Wildman–Crippen MR) is 82.5 cm³/mol. The number of ether oxygens (including phenoxy) is 2. The highest BCUT2D eigenvalue weighted by molar-refractivity contribution is 6.30. The molecular formula is C16H24ClNO2. The van der Waals surface area contributed by atoms with Crippen LogP contribution < -0.4 is 5.32 Å². The Morgan fingerprint density at radius 1 is 1.20 bits per heavy atom. The van der Waals surface area contributed by atoms with Gasteiger partial charge in [0.2, 0.25) is 0 Å². The van der Waals surface area contributed by atoms with Crippen LogP contribution in [0.15, 0.2) is 24.3 Å². The Morgan fingerprint density at radius 2 is 1.95 bits per heavy atom. The lowest BCUT2D eigenvalue weighted by atomic mass is 9.96. The van der Waals surface area contributed by atoms with Crippen molar-refractivity contribution in [1.29, 1.82) is 0 Å². The maximum atomic E-state index is 5.96. The summed E-state index contributed by atoms with van der Waals surface area (Å²) in [5.74, 6) is 0.482. The zero-order valence-corrected chi connectivity index (χ0v) is 12.9. The van der Waals surface area contributed by atoms with Crippen molar-refractivity contribution in [3.05, 3.63) is 34.9 Å². The van der Waals surface area contributed by atoms with Crippen LogP contribution in [-0.4, -0.2) is 39.5 Å². The Balaban J connectivity index is 1.80. The lowest BCUT2D eigenvalue weighted by molar-refractivity contribution is 0.0669. The van der Waals surface area contributed by atoms with Gasteiger partial charge in [-0.2, -0.15) is 0 Å². The fraction of sp³-hybridized carbons (Fsp3) is 0.625. The van der Waals surface area contributed by atoms with E-state index in [-0.39, 0.29) is 0 Å². The summed E-state index contributed by atoms with van der Waals surface area (Å²) in [6.45, 7) is 3.11. The Bertz CT molecular complexity index is 379. The van der Waals surface area contributed by atoms with E-state index in [0.29, 0.717) is 19.1 Å². The molecule has 20 heavy (non-hydrogen) atoms.